The van der Waals surface area contributed by atoms with Crippen LogP contribution in [0, 0.1) is 11.3 Å². The van der Waals surface area contributed by atoms with E-state index in [1.165, 1.54) is 24.3 Å². The zero-order chi connectivity index (χ0) is 23.0. The van der Waals surface area contributed by atoms with Gasteiger partial charge in [0.15, 0.2) is 0 Å². The molecule has 6 nitrogen and oxygen atoms in total. The smallest absolute Gasteiger partial charge is 0.268 e. The average molecular weight is 448 g/mol. The van der Waals surface area contributed by atoms with Crippen LogP contribution in [0.1, 0.15) is 46.0 Å². The largest absolute Gasteiger partial charge is 0.501 e. The minimum atomic E-state index is -5.81. The fourth-order valence-electron chi connectivity index (χ4n) is 3.26. The third-order valence-corrected chi connectivity index (χ3v) is 6.29. The van der Waals surface area contributed by atoms with E-state index in [2.05, 4.69) is 0 Å². The number of nitrogens with zero attached hydrogens (tertiary/aromatic N) is 2. The number of imide groups is 1. The molecule has 0 fully saturated rings. The fraction of sp³-hybridized carbons (Fsp3) is 0.190. The normalized spacial score (nSPS) is 14.9. The number of hydrogen-bond acceptors (Lipinski definition) is 5. The number of amides is 2. The van der Waals surface area contributed by atoms with E-state index in [0.717, 1.165) is 17.0 Å². The molecule has 0 radical (unpaired) electrons. The summed E-state index contributed by atoms with van der Waals surface area (Å²) in [6.07, 6.45) is 0.0915. The molecule has 31 heavy (non-hydrogen) atoms. The van der Waals surface area contributed by atoms with Crippen molar-refractivity contribution >= 4 is 32.2 Å². The highest BCUT2D eigenvalue weighted by Gasteiger charge is 2.49. The van der Waals surface area contributed by atoms with Gasteiger partial charge in [0.25, 0.3) is 21.7 Å². The van der Waals surface area contributed by atoms with Crippen molar-refractivity contribution in [3.8, 4) is 6.07 Å². The van der Waals surface area contributed by atoms with Gasteiger partial charge in [0, 0.05) is 5.57 Å². The maximum atomic E-state index is 13.3. The van der Waals surface area contributed by atoms with Gasteiger partial charge in [-0.15, -0.1) is 0 Å². The Morgan fingerprint density at radius 3 is 1.94 bits per heavy atom. The van der Waals surface area contributed by atoms with Crippen LogP contribution in [-0.2, 0) is 9.84 Å². The van der Waals surface area contributed by atoms with Gasteiger partial charge >= 0.3 is 5.51 Å². The van der Waals surface area contributed by atoms with Gasteiger partial charge in [0.05, 0.1) is 27.8 Å². The van der Waals surface area contributed by atoms with Crippen LogP contribution in [-0.4, -0.2) is 25.7 Å². The molecule has 0 spiro atoms. The number of carbonyl (C=O) groups is 2. The summed E-state index contributed by atoms with van der Waals surface area (Å²) in [4.78, 5) is 24.9. The van der Waals surface area contributed by atoms with Crippen molar-refractivity contribution in [2.24, 2.45) is 0 Å². The number of rotatable bonds is 5. The van der Waals surface area contributed by atoms with Crippen molar-refractivity contribution in [3.05, 3.63) is 70.8 Å². The number of halogens is 3. The molecule has 0 saturated carbocycles. The topological polar surface area (TPSA) is 95.3 Å². The van der Waals surface area contributed by atoms with Crippen LogP contribution < -0.4 is 4.90 Å². The number of fused-ring (bicyclic) bond motifs is 1. The standard InChI is InChI=1S/C21H15F3N2O4S/c1-2-5-14(12-25)18(31(29,30)21(22,23)24)13-8-10-15(11-9-13)26-19(27)16-6-3-4-7-17(16)20(26)28/h3-4,6-11H,2,5H2,1H3/b18-14+. The Morgan fingerprint density at radius 1 is 1.00 bits per heavy atom. The van der Waals surface area contributed by atoms with Crippen molar-refractivity contribution in [1.82, 2.24) is 0 Å². The van der Waals surface area contributed by atoms with E-state index in [9.17, 15) is 36.4 Å². The van der Waals surface area contributed by atoms with E-state index in [0.29, 0.717) is 0 Å². The minimum Gasteiger partial charge on any atom is -0.268 e. The SMILES string of the molecule is CCC/C(C#N)=C(/c1ccc(N2C(=O)c3ccccc3C2=O)cc1)S(=O)(=O)C(F)(F)F. The number of anilines is 1. The highest BCUT2D eigenvalue weighted by atomic mass is 32.2. The minimum absolute atomic E-state index is 0.0627. The van der Waals surface area contributed by atoms with Gasteiger partial charge in [-0.05, 0) is 36.2 Å². The van der Waals surface area contributed by atoms with Crippen LogP contribution in [0.4, 0.5) is 18.9 Å². The second-order valence-electron chi connectivity index (χ2n) is 6.66. The summed E-state index contributed by atoms with van der Waals surface area (Å²) in [6.45, 7) is 1.60. The summed E-state index contributed by atoms with van der Waals surface area (Å²) < 4.78 is 64.1. The number of hydrogen-bond donors (Lipinski definition) is 0. The lowest BCUT2D eigenvalue weighted by atomic mass is 10.1. The van der Waals surface area contributed by atoms with Gasteiger partial charge < -0.3 is 0 Å². The van der Waals surface area contributed by atoms with E-state index >= 15 is 0 Å². The first-order valence-electron chi connectivity index (χ1n) is 9.07. The summed E-state index contributed by atoms with van der Waals surface area (Å²) in [5.74, 6) is -1.20. The molecule has 1 aliphatic rings. The molecule has 2 aromatic carbocycles. The molecule has 3 rings (SSSR count). The number of benzene rings is 2. The molecule has 0 bridgehead atoms. The molecule has 0 aliphatic carbocycles. The third kappa shape index (κ3) is 3.72. The van der Waals surface area contributed by atoms with Crippen molar-refractivity contribution in [3.63, 3.8) is 0 Å². The van der Waals surface area contributed by atoms with Gasteiger partial charge in [0.1, 0.15) is 0 Å². The fourth-order valence-corrected chi connectivity index (χ4v) is 4.41. The van der Waals surface area contributed by atoms with Gasteiger partial charge in [-0.3, -0.25) is 9.59 Å². The second-order valence-corrected chi connectivity index (χ2v) is 8.53. The van der Waals surface area contributed by atoms with E-state index in [1.54, 1.807) is 25.1 Å². The Balaban J connectivity index is 2.10. The molecule has 1 heterocycles. The maximum absolute atomic E-state index is 13.3. The second kappa shape index (κ2) is 8.00. The number of allylic oxidation sites excluding steroid dienone is 1. The number of nitriles is 1. The predicted octanol–water partition coefficient (Wildman–Crippen LogP) is 4.46. The Hall–Kier alpha value is -3.45. The molecule has 1 aliphatic heterocycles. The summed E-state index contributed by atoms with van der Waals surface area (Å²) in [7, 11) is -5.81. The Labute approximate surface area is 176 Å². The Bertz CT molecular complexity index is 1210. The molecule has 2 aromatic rings. The lowest BCUT2D eigenvalue weighted by Gasteiger charge is -2.17. The van der Waals surface area contributed by atoms with Gasteiger partial charge in [-0.25, -0.2) is 13.3 Å². The summed E-state index contributed by atoms with van der Waals surface area (Å²) in [6, 6.07) is 12.1. The summed E-state index contributed by atoms with van der Waals surface area (Å²) >= 11 is 0. The molecular formula is C21H15F3N2O4S. The van der Waals surface area contributed by atoms with Crippen molar-refractivity contribution < 1.29 is 31.2 Å². The van der Waals surface area contributed by atoms with Crippen LogP contribution in [0.15, 0.2) is 54.1 Å². The summed E-state index contributed by atoms with van der Waals surface area (Å²) in [5, 5.41) is 9.28. The van der Waals surface area contributed by atoms with E-state index in [-0.39, 0.29) is 35.2 Å². The maximum Gasteiger partial charge on any atom is 0.501 e. The average Bonchev–Trinajstić information content (AvgIpc) is 2.98. The Morgan fingerprint density at radius 2 is 1.52 bits per heavy atom. The number of alkyl halides is 3. The van der Waals surface area contributed by atoms with Crippen LogP contribution >= 0.6 is 0 Å². The highest BCUT2D eigenvalue weighted by Crippen LogP contribution is 2.39. The van der Waals surface area contributed by atoms with Crippen LogP contribution in [0.5, 0.6) is 0 Å². The van der Waals surface area contributed by atoms with Crippen molar-refractivity contribution in [2.75, 3.05) is 4.90 Å². The first kappa shape index (κ1) is 22.2. The molecule has 0 unspecified atom stereocenters. The first-order valence-corrected chi connectivity index (χ1v) is 10.6. The van der Waals surface area contributed by atoms with Crippen LogP contribution in [0.3, 0.4) is 0 Å². The van der Waals surface area contributed by atoms with Gasteiger partial charge in [-0.1, -0.05) is 37.6 Å². The highest BCUT2D eigenvalue weighted by molar-refractivity contribution is 8.01. The molecule has 10 heteroatoms. The van der Waals surface area contributed by atoms with Gasteiger partial charge in [-0.2, -0.15) is 18.4 Å². The first-order chi connectivity index (χ1) is 14.5. The van der Waals surface area contributed by atoms with E-state index in [4.69, 9.17) is 0 Å². The third-order valence-electron chi connectivity index (χ3n) is 4.66. The molecule has 0 aromatic heterocycles. The monoisotopic (exact) mass is 448 g/mol. The van der Waals surface area contributed by atoms with E-state index < -0.39 is 37.6 Å². The van der Waals surface area contributed by atoms with Crippen molar-refractivity contribution in [1.29, 1.82) is 5.26 Å². The molecule has 0 N–H and O–H groups in total. The van der Waals surface area contributed by atoms with Crippen LogP contribution in [0.25, 0.3) is 4.91 Å². The molecule has 0 atom stereocenters. The number of sulfone groups is 1. The zero-order valence-electron chi connectivity index (χ0n) is 16.1. The summed E-state index contributed by atoms with van der Waals surface area (Å²) in [5.41, 5.74) is -6.04. The van der Waals surface area contributed by atoms with Crippen LogP contribution in [0.2, 0.25) is 0 Å². The van der Waals surface area contributed by atoms with Gasteiger partial charge in [0.2, 0.25) is 0 Å². The molecule has 160 valence electrons. The lowest BCUT2D eigenvalue weighted by molar-refractivity contribution is -0.0420. The molecule has 2 amide bonds. The zero-order valence-corrected chi connectivity index (χ0v) is 16.9. The molecule has 0 saturated heterocycles. The number of carbonyl (C=O) groups excluding carboxylic acids is 2. The quantitative estimate of drug-likeness (QED) is 0.497. The lowest BCUT2D eigenvalue weighted by Crippen LogP contribution is -2.29. The molecular weight excluding hydrogens is 433 g/mol. The van der Waals surface area contributed by atoms with E-state index in [1.807, 2.05) is 0 Å². The Kier molecular flexibility index (Phi) is 5.74. The van der Waals surface area contributed by atoms with Crippen molar-refractivity contribution in [2.45, 2.75) is 25.3 Å². The predicted molar refractivity (Wildman–Crippen MR) is 106 cm³/mol.